The minimum Gasteiger partial charge on any atom is -0.496 e. The highest BCUT2D eigenvalue weighted by molar-refractivity contribution is 9.10. The first-order chi connectivity index (χ1) is 9.22. The molecule has 1 unspecified atom stereocenters. The maximum atomic E-state index is 9.46. The molecule has 1 rings (SSSR count). The highest BCUT2D eigenvalue weighted by Gasteiger charge is 2.34. The summed E-state index contributed by atoms with van der Waals surface area (Å²) in [5, 5.41) is 12.7. The van der Waals surface area contributed by atoms with Gasteiger partial charge >= 0.3 is 0 Å². The van der Waals surface area contributed by atoms with E-state index in [1.165, 1.54) is 5.56 Å². The maximum absolute atomic E-state index is 9.46. The molecule has 1 N–H and O–H groups in total. The maximum Gasteiger partial charge on any atom is 0.127 e. The molecule has 0 aromatic heterocycles. The third-order valence-corrected chi connectivity index (χ3v) is 5.19. The Bertz CT molecular complexity index is 559. The van der Waals surface area contributed by atoms with Crippen LogP contribution in [0.4, 0.5) is 0 Å². The lowest BCUT2D eigenvalue weighted by atomic mass is 9.79. The fourth-order valence-corrected chi connectivity index (χ4v) is 3.16. The molecular formula is C16H23BrN2O. The molecule has 1 atom stereocenters. The van der Waals surface area contributed by atoms with E-state index in [0.717, 1.165) is 26.9 Å². The third-order valence-electron chi connectivity index (χ3n) is 4.00. The molecule has 1 aromatic carbocycles. The van der Waals surface area contributed by atoms with Crippen molar-refractivity contribution in [1.29, 1.82) is 5.26 Å². The number of ether oxygens (including phenoxy) is 1. The average molecular weight is 339 g/mol. The van der Waals surface area contributed by atoms with Crippen molar-refractivity contribution in [3.05, 3.63) is 26.7 Å². The number of nitriles is 1. The van der Waals surface area contributed by atoms with Gasteiger partial charge in [-0.05, 0) is 58.4 Å². The van der Waals surface area contributed by atoms with E-state index in [-0.39, 0.29) is 6.04 Å². The summed E-state index contributed by atoms with van der Waals surface area (Å²) in [6.45, 7) is 10.1. The molecule has 1 aromatic rings. The molecular weight excluding hydrogens is 316 g/mol. The quantitative estimate of drug-likeness (QED) is 0.894. The predicted molar refractivity (Wildman–Crippen MR) is 86.1 cm³/mol. The lowest BCUT2D eigenvalue weighted by Gasteiger charge is -2.32. The van der Waals surface area contributed by atoms with Crippen molar-refractivity contribution in [2.24, 2.45) is 5.41 Å². The van der Waals surface area contributed by atoms with E-state index < -0.39 is 5.41 Å². The summed E-state index contributed by atoms with van der Waals surface area (Å²) in [5.74, 6) is 0.867. The zero-order valence-electron chi connectivity index (χ0n) is 13.3. The lowest BCUT2D eigenvalue weighted by molar-refractivity contribution is 0.324. The van der Waals surface area contributed by atoms with Gasteiger partial charge < -0.3 is 10.1 Å². The summed E-state index contributed by atoms with van der Waals surface area (Å²) in [6, 6.07) is 2.29. The van der Waals surface area contributed by atoms with Crippen LogP contribution in [0.15, 0.2) is 4.47 Å². The van der Waals surface area contributed by atoms with E-state index in [4.69, 9.17) is 4.74 Å². The van der Waals surface area contributed by atoms with Crippen LogP contribution in [0.5, 0.6) is 5.75 Å². The van der Waals surface area contributed by atoms with Crippen molar-refractivity contribution in [1.82, 2.24) is 5.32 Å². The van der Waals surface area contributed by atoms with E-state index in [2.05, 4.69) is 41.2 Å². The molecule has 110 valence electrons. The number of hydrogen-bond donors (Lipinski definition) is 1. The molecule has 0 heterocycles. The highest BCUT2D eigenvalue weighted by atomic mass is 79.9. The van der Waals surface area contributed by atoms with Gasteiger partial charge in [0.1, 0.15) is 5.75 Å². The number of hydrogen-bond acceptors (Lipinski definition) is 3. The Morgan fingerprint density at radius 3 is 2.15 bits per heavy atom. The monoisotopic (exact) mass is 338 g/mol. The smallest absolute Gasteiger partial charge is 0.127 e. The summed E-state index contributed by atoms with van der Waals surface area (Å²) in [6.07, 6.45) is 0. The van der Waals surface area contributed by atoms with Gasteiger partial charge in [0, 0.05) is 10.0 Å². The van der Waals surface area contributed by atoms with Crippen molar-refractivity contribution in [3.8, 4) is 11.8 Å². The van der Waals surface area contributed by atoms with Crippen molar-refractivity contribution < 1.29 is 4.74 Å². The molecule has 20 heavy (non-hydrogen) atoms. The molecule has 0 spiro atoms. The van der Waals surface area contributed by atoms with Crippen LogP contribution in [-0.4, -0.2) is 14.2 Å². The van der Waals surface area contributed by atoms with Crippen LogP contribution in [0.25, 0.3) is 0 Å². The minimum atomic E-state index is -0.534. The van der Waals surface area contributed by atoms with Gasteiger partial charge in [-0.25, -0.2) is 0 Å². The largest absolute Gasteiger partial charge is 0.496 e. The van der Waals surface area contributed by atoms with Gasteiger partial charge in [0.2, 0.25) is 0 Å². The fraction of sp³-hybridized carbons (Fsp3) is 0.562. The first-order valence-electron chi connectivity index (χ1n) is 6.64. The van der Waals surface area contributed by atoms with Gasteiger partial charge in [-0.1, -0.05) is 15.9 Å². The molecule has 4 heteroatoms. The third kappa shape index (κ3) is 2.70. The minimum absolute atomic E-state index is 0.0990. The summed E-state index contributed by atoms with van der Waals surface area (Å²) in [7, 11) is 3.57. The molecule has 3 nitrogen and oxygen atoms in total. The van der Waals surface area contributed by atoms with Gasteiger partial charge in [-0.3, -0.25) is 0 Å². The zero-order valence-corrected chi connectivity index (χ0v) is 14.9. The molecule has 0 aliphatic heterocycles. The van der Waals surface area contributed by atoms with Crippen LogP contribution in [0, 0.1) is 37.5 Å². The zero-order chi connectivity index (χ0) is 15.7. The first kappa shape index (κ1) is 17.0. The number of methoxy groups -OCH3 is 1. The van der Waals surface area contributed by atoms with Crippen LogP contribution in [-0.2, 0) is 0 Å². The molecule has 0 radical (unpaired) electrons. The van der Waals surface area contributed by atoms with E-state index in [9.17, 15) is 5.26 Å². The van der Waals surface area contributed by atoms with Gasteiger partial charge in [0.05, 0.1) is 24.6 Å². The van der Waals surface area contributed by atoms with Crippen LogP contribution in [0.3, 0.4) is 0 Å². The van der Waals surface area contributed by atoms with E-state index in [1.54, 1.807) is 7.11 Å². The topological polar surface area (TPSA) is 45.0 Å². The van der Waals surface area contributed by atoms with Gasteiger partial charge in [0.15, 0.2) is 0 Å². The summed E-state index contributed by atoms with van der Waals surface area (Å²) < 4.78 is 6.73. The lowest BCUT2D eigenvalue weighted by Crippen LogP contribution is -2.32. The SMILES string of the molecule is CNC(c1c(C)c(Br)c(C)c(C)c1OC)C(C)(C)C#N. The molecule has 0 saturated carbocycles. The van der Waals surface area contributed by atoms with Crippen LogP contribution in [0.2, 0.25) is 0 Å². The first-order valence-corrected chi connectivity index (χ1v) is 7.43. The summed E-state index contributed by atoms with van der Waals surface area (Å²) in [4.78, 5) is 0. The van der Waals surface area contributed by atoms with Gasteiger partial charge in [0.25, 0.3) is 0 Å². The number of rotatable bonds is 4. The Morgan fingerprint density at radius 2 is 1.75 bits per heavy atom. The fourth-order valence-electron chi connectivity index (χ4n) is 2.65. The van der Waals surface area contributed by atoms with Crippen LogP contribution < -0.4 is 10.1 Å². The van der Waals surface area contributed by atoms with Crippen LogP contribution in [0.1, 0.15) is 42.1 Å². The van der Waals surface area contributed by atoms with Gasteiger partial charge in [-0.15, -0.1) is 0 Å². The Balaban J connectivity index is 3.71. The second-order valence-corrected chi connectivity index (χ2v) is 6.48. The molecule has 0 bridgehead atoms. The summed E-state index contributed by atoms with van der Waals surface area (Å²) >= 11 is 3.66. The number of benzene rings is 1. The van der Waals surface area contributed by atoms with Crippen molar-refractivity contribution in [2.75, 3.05) is 14.2 Å². The molecule has 0 fully saturated rings. The normalized spacial score (nSPS) is 12.9. The standard InChI is InChI=1S/C16H23BrN2O/c1-9-10(2)14(20-7)12(11(3)13(9)17)15(19-6)16(4,5)8-18/h15,19H,1-7H3. The van der Waals surface area contributed by atoms with Crippen molar-refractivity contribution in [3.63, 3.8) is 0 Å². The molecule has 0 saturated heterocycles. The van der Waals surface area contributed by atoms with E-state index in [0.29, 0.717) is 0 Å². The highest BCUT2D eigenvalue weighted by Crippen LogP contribution is 2.44. The summed E-state index contributed by atoms with van der Waals surface area (Å²) in [5.41, 5.74) is 3.92. The van der Waals surface area contributed by atoms with Crippen LogP contribution >= 0.6 is 15.9 Å². The van der Waals surface area contributed by atoms with Gasteiger partial charge in [-0.2, -0.15) is 5.26 Å². The molecule has 0 aliphatic carbocycles. The Labute approximate surface area is 130 Å². The second kappa shape index (κ2) is 6.15. The van der Waals surface area contributed by atoms with E-state index >= 15 is 0 Å². The predicted octanol–water partition coefficient (Wildman–Crippen LogP) is 4.19. The number of nitrogens with one attached hydrogen (secondary N) is 1. The molecule has 0 aliphatic rings. The molecule has 0 amide bonds. The Kier molecular flexibility index (Phi) is 5.23. The Morgan fingerprint density at radius 1 is 1.20 bits per heavy atom. The van der Waals surface area contributed by atoms with Crippen molar-refractivity contribution in [2.45, 2.75) is 40.7 Å². The average Bonchev–Trinajstić information content (AvgIpc) is 2.42. The Hall–Kier alpha value is -1.05. The van der Waals surface area contributed by atoms with Crippen molar-refractivity contribution >= 4 is 15.9 Å². The second-order valence-electron chi connectivity index (χ2n) is 5.69. The number of nitrogens with zero attached hydrogens (tertiary/aromatic N) is 1. The van der Waals surface area contributed by atoms with E-state index in [1.807, 2.05) is 27.8 Å². The number of halogens is 1.